The summed E-state index contributed by atoms with van der Waals surface area (Å²) in [4.78, 5) is 0.848. The molecule has 0 saturated carbocycles. The lowest BCUT2D eigenvalue weighted by atomic mass is 10.1. The van der Waals surface area contributed by atoms with Crippen molar-refractivity contribution in [2.75, 3.05) is 11.0 Å². The molecule has 2 nitrogen and oxygen atoms in total. The number of aryl methyl sites for hydroxylation is 1. The molecule has 0 fully saturated rings. The van der Waals surface area contributed by atoms with Crippen LogP contribution in [0.25, 0.3) is 0 Å². The average Bonchev–Trinajstić information content (AvgIpc) is 2.46. The fraction of sp³-hybridized carbons (Fsp3) is 0.200. The summed E-state index contributed by atoms with van der Waals surface area (Å²) in [6, 6.07) is 8.66. The number of halogens is 4. The molecule has 1 atom stereocenters. The number of benzene rings is 2. The largest absolute Gasteiger partial charge is 0.588 e. The van der Waals surface area contributed by atoms with Gasteiger partial charge in [-0.2, -0.15) is 13.2 Å². The van der Waals surface area contributed by atoms with E-state index in [2.05, 4.69) is 4.72 Å². The Bertz CT molecular complexity index is 710. The van der Waals surface area contributed by atoms with Crippen LogP contribution in [-0.4, -0.2) is 10.8 Å². The first kappa shape index (κ1) is 18.3. The molecule has 1 N–H and O–H groups in total. The molecule has 0 spiro atoms. The van der Waals surface area contributed by atoms with Crippen molar-refractivity contribution in [2.45, 2.75) is 22.9 Å². The number of thioether (sulfide) groups is 1. The van der Waals surface area contributed by atoms with Crippen molar-refractivity contribution in [1.82, 2.24) is 0 Å². The van der Waals surface area contributed by atoms with Gasteiger partial charge in [0.05, 0.1) is 11.3 Å². The number of alkyl halides is 3. The first-order valence-corrected chi connectivity index (χ1v) is 9.17. The molecule has 0 aliphatic rings. The lowest BCUT2D eigenvalue weighted by molar-refractivity contribution is -0.138. The number of nitrogens with one attached hydrogen (secondary N) is 1. The van der Waals surface area contributed by atoms with Crippen LogP contribution in [0.5, 0.6) is 0 Å². The third-order valence-electron chi connectivity index (χ3n) is 3.09. The van der Waals surface area contributed by atoms with E-state index in [-0.39, 0.29) is 10.5 Å². The fourth-order valence-corrected chi connectivity index (χ4v) is 3.61. The molecule has 1 unspecified atom stereocenters. The molecule has 0 aliphatic carbocycles. The van der Waals surface area contributed by atoms with Gasteiger partial charge in [-0.1, -0.05) is 17.7 Å². The molecular weight excluding hydrogens is 367 g/mol. The van der Waals surface area contributed by atoms with Crippen molar-refractivity contribution in [3.63, 3.8) is 0 Å². The van der Waals surface area contributed by atoms with Crippen molar-refractivity contribution in [1.29, 1.82) is 0 Å². The summed E-state index contributed by atoms with van der Waals surface area (Å²) in [5.74, 6) is 0. The van der Waals surface area contributed by atoms with Gasteiger partial charge in [0, 0.05) is 16.0 Å². The summed E-state index contributed by atoms with van der Waals surface area (Å²) >= 11 is 5.50. The molecule has 8 heteroatoms. The Balaban J connectivity index is 2.31. The van der Waals surface area contributed by atoms with Gasteiger partial charge in [-0.05, 0) is 43.0 Å². The van der Waals surface area contributed by atoms with Gasteiger partial charge in [0.25, 0.3) is 0 Å². The van der Waals surface area contributed by atoms with Crippen LogP contribution in [0.2, 0.25) is 5.02 Å². The van der Waals surface area contributed by atoms with E-state index < -0.39 is 23.1 Å². The van der Waals surface area contributed by atoms with Gasteiger partial charge in [0.2, 0.25) is 0 Å². The van der Waals surface area contributed by atoms with Crippen LogP contribution < -0.4 is 4.72 Å². The Kier molecular flexibility index (Phi) is 5.78. The second-order valence-electron chi connectivity index (χ2n) is 4.69. The second kappa shape index (κ2) is 7.25. The van der Waals surface area contributed by atoms with Crippen LogP contribution in [0.4, 0.5) is 18.9 Å². The van der Waals surface area contributed by atoms with Crippen LogP contribution in [0.3, 0.4) is 0 Å². The van der Waals surface area contributed by atoms with E-state index in [1.165, 1.54) is 30.8 Å². The van der Waals surface area contributed by atoms with E-state index in [1.807, 2.05) is 6.26 Å². The Morgan fingerprint density at radius 1 is 1.17 bits per heavy atom. The molecule has 0 radical (unpaired) electrons. The van der Waals surface area contributed by atoms with E-state index in [0.29, 0.717) is 10.7 Å². The van der Waals surface area contributed by atoms with Crippen LogP contribution in [-0.2, 0) is 17.5 Å². The Morgan fingerprint density at radius 3 is 2.48 bits per heavy atom. The quantitative estimate of drug-likeness (QED) is 0.560. The number of anilines is 1. The molecule has 2 aromatic carbocycles. The monoisotopic (exact) mass is 379 g/mol. The zero-order valence-corrected chi connectivity index (χ0v) is 14.6. The highest BCUT2D eigenvalue weighted by Crippen LogP contribution is 2.34. The first-order chi connectivity index (χ1) is 10.7. The highest BCUT2D eigenvalue weighted by atomic mass is 35.5. The lowest BCUT2D eigenvalue weighted by Gasteiger charge is -2.16. The van der Waals surface area contributed by atoms with Crippen molar-refractivity contribution in [2.24, 2.45) is 0 Å². The minimum absolute atomic E-state index is 0.0509. The first-order valence-electron chi connectivity index (χ1n) is 6.42. The zero-order chi connectivity index (χ0) is 17.2. The normalized spacial score (nSPS) is 13.0. The number of rotatable bonds is 4. The predicted molar refractivity (Wildman–Crippen MR) is 89.4 cm³/mol. The molecule has 0 saturated heterocycles. The van der Waals surface area contributed by atoms with Crippen molar-refractivity contribution in [3.05, 3.63) is 52.5 Å². The fourth-order valence-electron chi connectivity index (χ4n) is 1.94. The average molecular weight is 380 g/mol. The van der Waals surface area contributed by atoms with E-state index in [4.69, 9.17) is 11.6 Å². The Morgan fingerprint density at radius 2 is 1.87 bits per heavy atom. The van der Waals surface area contributed by atoms with Gasteiger partial charge in [0.15, 0.2) is 4.90 Å². The molecule has 0 aliphatic heterocycles. The zero-order valence-electron chi connectivity index (χ0n) is 12.2. The van der Waals surface area contributed by atoms with E-state index >= 15 is 0 Å². The molecule has 23 heavy (non-hydrogen) atoms. The summed E-state index contributed by atoms with van der Waals surface area (Å²) < 4.78 is 53.9. The molecule has 0 amide bonds. The molecule has 2 aromatic rings. The second-order valence-corrected chi connectivity index (χ2v) is 7.19. The van der Waals surface area contributed by atoms with Gasteiger partial charge < -0.3 is 4.55 Å². The minimum Gasteiger partial charge on any atom is -0.588 e. The summed E-state index contributed by atoms with van der Waals surface area (Å²) in [5.41, 5.74) is -0.190. The van der Waals surface area contributed by atoms with Crippen molar-refractivity contribution < 1.29 is 17.7 Å². The standard InChI is InChI=1S/C15H13ClF3NOS2/c1-9-3-5-11(8-12(9)15(17,18)19)23(21)20-13-7-10(16)4-6-14(13)22-2/h3-8,20H,1-2H3. The van der Waals surface area contributed by atoms with Gasteiger partial charge in [-0.3, -0.25) is 0 Å². The van der Waals surface area contributed by atoms with E-state index in [1.54, 1.807) is 18.2 Å². The smallest absolute Gasteiger partial charge is 0.416 e. The van der Waals surface area contributed by atoms with Crippen molar-refractivity contribution >= 4 is 40.4 Å². The maximum absolute atomic E-state index is 13.0. The van der Waals surface area contributed by atoms with Gasteiger partial charge in [0.1, 0.15) is 11.4 Å². The summed E-state index contributed by atoms with van der Waals surface area (Å²) in [6.07, 6.45) is -2.64. The number of hydrogen-bond acceptors (Lipinski definition) is 3. The van der Waals surface area contributed by atoms with E-state index in [0.717, 1.165) is 11.0 Å². The summed E-state index contributed by atoms with van der Waals surface area (Å²) in [7, 11) is 0. The summed E-state index contributed by atoms with van der Waals surface area (Å²) in [6.45, 7) is 1.37. The van der Waals surface area contributed by atoms with E-state index in [9.17, 15) is 17.7 Å². The Labute approximate surface area is 144 Å². The molecule has 0 aromatic heterocycles. The Hall–Kier alpha value is -1.02. The van der Waals surface area contributed by atoms with Gasteiger partial charge >= 0.3 is 6.18 Å². The third kappa shape index (κ3) is 4.50. The maximum atomic E-state index is 13.0. The van der Waals surface area contributed by atoms with Crippen LogP contribution in [0.1, 0.15) is 11.1 Å². The SMILES string of the molecule is CSc1ccc(Cl)cc1N[S+]([O-])c1ccc(C)c(C(F)(F)F)c1. The van der Waals surface area contributed by atoms with Crippen molar-refractivity contribution in [3.8, 4) is 0 Å². The topological polar surface area (TPSA) is 35.1 Å². The highest BCUT2D eigenvalue weighted by Gasteiger charge is 2.34. The molecular formula is C15H13ClF3NOS2. The summed E-state index contributed by atoms with van der Waals surface area (Å²) in [5, 5.41) is 0.446. The molecule has 0 heterocycles. The molecule has 2 rings (SSSR count). The minimum atomic E-state index is -4.48. The maximum Gasteiger partial charge on any atom is 0.416 e. The van der Waals surface area contributed by atoms with Gasteiger partial charge in [-0.15, -0.1) is 11.8 Å². The van der Waals surface area contributed by atoms with Crippen LogP contribution in [0, 0.1) is 6.92 Å². The lowest BCUT2D eigenvalue weighted by Crippen LogP contribution is -2.16. The number of hydrogen-bond donors (Lipinski definition) is 1. The molecule has 0 bridgehead atoms. The third-order valence-corrected chi connectivity index (χ3v) is 5.21. The predicted octanol–water partition coefficient (Wildman–Crippen LogP) is 5.52. The van der Waals surface area contributed by atoms with Crippen LogP contribution in [0.15, 0.2) is 46.2 Å². The molecule has 124 valence electrons. The van der Waals surface area contributed by atoms with Gasteiger partial charge in [-0.25, -0.2) is 4.72 Å². The van der Waals surface area contributed by atoms with Crippen LogP contribution >= 0.6 is 23.4 Å². The highest BCUT2D eigenvalue weighted by molar-refractivity contribution is 7.99.